The molecular weight excluding hydrogens is 226 g/mol. The van der Waals surface area contributed by atoms with E-state index in [-0.39, 0.29) is 12.5 Å². The maximum atomic E-state index is 10.6. The van der Waals surface area contributed by atoms with Crippen LogP contribution in [0.1, 0.15) is 71.1 Å². The van der Waals surface area contributed by atoms with Gasteiger partial charge in [-0.1, -0.05) is 58.3 Å². The third-order valence-corrected chi connectivity index (χ3v) is 4.39. The van der Waals surface area contributed by atoms with Gasteiger partial charge in [0.2, 0.25) is 0 Å². The largest absolute Gasteiger partial charge is 0.481 e. The van der Waals surface area contributed by atoms with Gasteiger partial charge in [0.25, 0.3) is 0 Å². The molecule has 2 atom stereocenters. The van der Waals surface area contributed by atoms with Crippen molar-refractivity contribution in [3.8, 4) is 0 Å². The van der Waals surface area contributed by atoms with Crippen LogP contribution in [-0.4, -0.2) is 17.1 Å². The van der Waals surface area contributed by atoms with E-state index in [4.69, 9.17) is 10.8 Å². The van der Waals surface area contributed by atoms with Gasteiger partial charge in [0, 0.05) is 6.04 Å². The van der Waals surface area contributed by atoms with E-state index in [9.17, 15) is 4.79 Å². The van der Waals surface area contributed by atoms with Crippen LogP contribution < -0.4 is 5.73 Å². The first kappa shape index (κ1) is 15.5. The Bertz CT molecular complexity index is 237. The zero-order valence-corrected chi connectivity index (χ0v) is 11.7. The maximum Gasteiger partial charge on any atom is 0.304 e. The first-order chi connectivity index (χ1) is 8.59. The fraction of sp³-hybridized carbons (Fsp3) is 0.933. The predicted molar refractivity (Wildman–Crippen MR) is 74.4 cm³/mol. The van der Waals surface area contributed by atoms with E-state index in [0.29, 0.717) is 5.92 Å². The lowest BCUT2D eigenvalue weighted by Crippen LogP contribution is -2.30. The highest BCUT2D eigenvalue weighted by atomic mass is 16.4. The van der Waals surface area contributed by atoms with E-state index < -0.39 is 5.97 Å². The molecule has 3 nitrogen and oxygen atoms in total. The Labute approximate surface area is 111 Å². The summed E-state index contributed by atoms with van der Waals surface area (Å²) in [6.45, 7) is 2.07. The summed E-state index contributed by atoms with van der Waals surface area (Å²) in [4.78, 5) is 10.6. The van der Waals surface area contributed by atoms with Crippen molar-refractivity contribution in [3.63, 3.8) is 0 Å². The molecule has 1 fully saturated rings. The molecule has 0 aromatic carbocycles. The van der Waals surface area contributed by atoms with Crippen LogP contribution >= 0.6 is 0 Å². The summed E-state index contributed by atoms with van der Waals surface area (Å²) < 4.78 is 0. The Morgan fingerprint density at radius 1 is 1.28 bits per heavy atom. The molecule has 0 aliphatic heterocycles. The third kappa shape index (κ3) is 6.39. The Kier molecular flexibility index (Phi) is 7.33. The van der Waals surface area contributed by atoms with E-state index in [1.54, 1.807) is 0 Å². The molecule has 1 aliphatic carbocycles. The number of carboxylic acids is 1. The summed E-state index contributed by atoms with van der Waals surface area (Å²) in [6, 6.07) is -0.183. The summed E-state index contributed by atoms with van der Waals surface area (Å²) in [7, 11) is 0. The van der Waals surface area contributed by atoms with Gasteiger partial charge in [-0.25, -0.2) is 0 Å². The Balaban J connectivity index is 1.97. The smallest absolute Gasteiger partial charge is 0.304 e. The second-order valence-electron chi connectivity index (χ2n) is 6.03. The SMILES string of the molecule is C[C@H](CCCCCC1CCCC1)[C@H](N)CC(=O)O. The zero-order chi connectivity index (χ0) is 13.4. The molecule has 0 aromatic heterocycles. The highest BCUT2D eigenvalue weighted by molar-refractivity contribution is 5.67. The number of rotatable bonds is 9. The van der Waals surface area contributed by atoms with Crippen molar-refractivity contribution in [2.45, 2.75) is 77.2 Å². The monoisotopic (exact) mass is 255 g/mol. The van der Waals surface area contributed by atoms with Crippen LogP contribution in [0.25, 0.3) is 0 Å². The fourth-order valence-electron chi connectivity index (χ4n) is 2.99. The molecular formula is C15H29NO2. The Morgan fingerprint density at radius 3 is 2.56 bits per heavy atom. The molecule has 0 unspecified atom stereocenters. The van der Waals surface area contributed by atoms with Gasteiger partial charge >= 0.3 is 5.97 Å². The first-order valence-electron chi connectivity index (χ1n) is 7.57. The lowest BCUT2D eigenvalue weighted by molar-refractivity contribution is -0.137. The van der Waals surface area contributed by atoms with Gasteiger partial charge in [0.15, 0.2) is 0 Å². The van der Waals surface area contributed by atoms with Crippen LogP contribution in [0.3, 0.4) is 0 Å². The molecule has 0 radical (unpaired) electrons. The number of aliphatic carboxylic acids is 1. The van der Waals surface area contributed by atoms with Crippen molar-refractivity contribution in [2.24, 2.45) is 17.6 Å². The minimum Gasteiger partial charge on any atom is -0.481 e. The number of hydrogen-bond donors (Lipinski definition) is 2. The summed E-state index contributed by atoms with van der Waals surface area (Å²) >= 11 is 0. The molecule has 1 saturated carbocycles. The van der Waals surface area contributed by atoms with E-state index in [2.05, 4.69) is 6.92 Å². The predicted octanol–water partition coefficient (Wildman–Crippen LogP) is 3.57. The van der Waals surface area contributed by atoms with Crippen LogP contribution in [-0.2, 0) is 4.79 Å². The molecule has 106 valence electrons. The van der Waals surface area contributed by atoms with Crippen molar-refractivity contribution in [2.75, 3.05) is 0 Å². The van der Waals surface area contributed by atoms with Gasteiger partial charge in [-0.15, -0.1) is 0 Å². The highest BCUT2D eigenvalue weighted by Gasteiger charge is 2.16. The van der Waals surface area contributed by atoms with Crippen molar-refractivity contribution < 1.29 is 9.90 Å². The van der Waals surface area contributed by atoms with Crippen LogP contribution in [0.2, 0.25) is 0 Å². The van der Waals surface area contributed by atoms with Crippen molar-refractivity contribution in [1.82, 2.24) is 0 Å². The summed E-state index contributed by atoms with van der Waals surface area (Å²) in [6.07, 6.45) is 12.1. The van der Waals surface area contributed by atoms with E-state index in [1.165, 1.54) is 51.4 Å². The van der Waals surface area contributed by atoms with E-state index in [1.807, 2.05) is 0 Å². The highest BCUT2D eigenvalue weighted by Crippen LogP contribution is 2.29. The standard InChI is InChI=1S/C15H29NO2/c1-12(14(16)11-15(17)18)7-3-2-4-8-13-9-5-6-10-13/h12-14H,2-11,16H2,1H3,(H,17,18)/t12-,14-/m1/s1. The average molecular weight is 255 g/mol. The summed E-state index contributed by atoms with van der Waals surface area (Å²) in [5.74, 6) is 0.542. The minimum atomic E-state index is -0.782. The Morgan fingerprint density at radius 2 is 1.94 bits per heavy atom. The fourth-order valence-corrected chi connectivity index (χ4v) is 2.99. The summed E-state index contributed by atoms with van der Waals surface area (Å²) in [5.41, 5.74) is 5.85. The van der Waals surface area contributed by atoms with Crippen LogP contribution in [0, 0.1) is 11.8 Å². The van der Waals surface area contributed by atoms with E-state index >= 15 is 0 Å². The molecule has 0 bridgehead atoms. The normalized spacial score (nSPS) is 19.9. The second kappa shape index (κ2) is 8.52. The molecule has 0 amide bonds. The molecule has 0 saturated heterocycles. The molecule has 0 aromatic rings. The van der Waals surface area contributed by atoms with Crippen LogP contribution in [0.5, 0.6) is 0 Å². The molecule has 1 aliphatic rings. The Hall–Kier alpha value is -0.570. The topological polar surface area (TPSA) is 63.3 Å². The molecule has 0 spiro atoms. The number of hydrogen-bond acceptors (Lipinski definition) is 2. The molecule has 1 rings (SSSR count). The molecule has 3 heteroatoms. The molecule has 0 heterocycles. The number of nitrogens with two attached hydrogens (primary N) is 1. The van der Waals surface area contributed by atoms with Gasteiger partial charge < -0.3 is 10.8 Å². The van der Waals surface area contributed by atoms with E-state index in [0.717, 1.165) is 12.3 Å². The zero-order valence-electron chi connectivity index (χ0n) is 11.7. The van der Waals surface area contributed by atoms with Crippen LogP contribution in [0.4, 0.5) is 0 Å². The third-order valence-electron chi connectivity index (χ3n) is 4.39. The van der Waals surface area contributed by atoms with Crippen LogP contribution in [0.15, 0.2) is 0 Å². The van der Waals surface area contributed by atoms with Crippen molar-refractivity contribution in [3.05, 3.63) is 0 Å². The van der Waals surface area contributed by atoms with Gasteiger partial charge in [-0.05, 0) is 18.3 Å². The lowest BCUT2D eigenvalue weighted by Gasteiger charge is -2.18. The molecule has 3 N–H and O–H groups in total. The van der Waals surface area contributed by atoms with Crippen molar-refractivity contribution >= 4 is 5.97 Å². The lowest BCUT2D eigenvalue weighted by atomic mass is 9.92. The van der Waals surface area contributed by atoms with Gasteiger partial charge in [-0.2, -0.15) is 0 Å². The quantitative estimate of drug-likeness (QED) is 0.619. The molecule has 18 heavy (non-hydrogen) atoms. The van der Waals surface area contributed by atoms with Gasteiger partial charge in [0.1, 0.15) is 0 Å². The first-order valence-corrected chi connectivity index (χ1v) is 7.57. The summed E-state index contributed by atoms with van der Waals surface area (Å²) in [5, 5.41) is 8.68. The van der Waals surface area contributed by atoms with Gasteiger partial charge in [-0.3, -0.25) is 4.79 Å². The second-order valence-corrected chi connectivity index (χ2v) is 6.03. The average Bonchev–Trinajstić information content (AvgIpc) is 2.80. The maximum absolute atomic E-state index is 10.6. The van der Waals surface area contributed by atoms with Gasteiger partial charge in [0.05, 0.1) is 6.42 Å². The van der Waals surface area contributed by atoms with Crippen molar-refractivity contribution in [1.29, 1.82) is 0 Å². The number of carbonyl (C=O) groups is 1. The number of carboxylic acid groups (broad SMARTS) is 1. The number of unbranched alkanes of at least 4 members (excludes halogenated alkanes) is 2. The minimum absolute atomic E-state index is 0.100.